The highest BCUT2D eigenvalue weighted by Gasteiger charge is 2.22. The van der Waals surface area contributed by atoms with Crippen LogP contribution in [-0.4, -0.2) is 35.4 Å². The van der Waals surface area contributed by atoms with Gasteiger partial charge in [-0.1, -0.05) is 17.7 Å². The molecule has 2 N–H and O–H groups in total. The maximum Gasteiger partial charge on any atom is 0.261 e. The number of H-pyrrole nitrogens is 1. The molecule has 1 fully saturated rings. The first kappa shape index (κ1) is 18.5. The number of hydrogen-bond donors (Lipinski definition) is 2. The Labute approximate surface area is 168 Å². The van der Waals surface area contributed by atoms with Crippen LogP contribution in [0.15, 0.2) is 35.7 Å². The van der Waals surface area contributed by atoms with E-state index in [1.54, 1.807) is 0 Å². The Bertz CT molecular complexity index is 934. The van der Waals surface area contributed by atoms with Crippen molar-refractivity contribution in [3.63, 3.8) is 0 Å². The van der Waals surface area contributed by atoms with Gasteiger partial charge in [-0.05, 0) is 67.4 Å². The molecule has 3 aromatic rings. The maximum absolute atomic E-state index is 12.2. The van der Waals surface area contributed by atoms with E-state index in [9.17, 15) is 4.79 Å². The predicted molar refractivity (Wildman–Crippen MR) is 113 cm³/mol. The lowest BCUT2D eigenvalue weighted by molar-refractivity contribution is 0.0934. The lowest BCUT2D eigenvalue weighted by atomic mass is 9.97. The van der Waals surface area contributed by atoms with Gasteiger partial charge in [0.05, 0.1) is 4.88 Å². The number of hydrogen-bond acceptors (Lipinski definition) is 3. The maximum atomic E-state index is 12.2. The minimum absolute atomic E-state index is 0.0467. The Morgan fingerprint density at radius 3 is 3.11 bits per heavy atom. The fourth-order valence-electron chi connectivity index (χ4n) is 3.93. The summed E-state index contributed by atoms with van der Waals surface area (Å²) in [5.74, 6) is 0.548. The number of carbonyl (C=O) groups excluding carboxylic acids is 1. The van der Waals surface area contributed by atoms with Gasteiger partial charge < -0.3 is 10.3 Å². The van der Waals surface area contributed by atoms with Crippen molar-refractivity contribution < 1.29 is 4.79 Å². The number of halogens is 1. The number of thiophene rings is 1. The van der Waals surface area contributed by atoms with E-state index in [4.69, 9.17) is 11.6 Å². The topological polar surface area (TPSA) is 48.1 Å². The van der Waals surface area contributed by atoms with Crippen molar-refractivity contribution in [2.45, 2.75) is 26.3 Å². The van der Waals surface area contributed by atoms with E-state index in [1.807, 2.05) is 35.7 Å². The number of carbonyl (C=O) groups is 1. The van der Waals surface area contributed by atoms with E-state index in [2.05, 4.69) is 22.1 Å². The first-order chi connectivity index (χ1) is 13.1. The predicted octanol–water partition coefficient (Wildman–Crippen LogP) is 4.83. The number of likely N-dealkylation sites (tertiary alicyclic amines) is 1. The number of aryl methyl sites for hydroxylation is 1. The summed E-state index contributed by atoms with van der Waals surface area (Å²) in [5, 5.41) is 7.02. The molecule has 27 heavy (non-hydrogen) atoms. The Hall–Kier alpha value is -1.82. The Morgan fingerprint density at radius 1 is 1.41 bits per heavy atom. The van der Waals surface area contributed by atoms with Crippen molar-refractivity contribution in [3.05, 3.63) is 56.9 Å². The minimum atomic E-state index is 0.0467. The van der Waals surface area contributed by atoms with Gasteiger partial charge in [0, 0.05) is 41.3 Å². The van der Waals surface area contributed by atoms with E-state index in [0.717, 1.165) is 41.6 Å². The van der Waals surface area contributed by atoms with Crippen LogP contribution in [0.2, 0.25) is 5.02 Å². The molecule has 2 aromatic heterocycles. The molecule has 0 bridgehead atoms. The molecular weight excluding hydrogens is 378 g/mol. The third-order valence-electron chi connectivity index (χ3n) is 5.40. The number of rotatable bonds is 5. The molecule has 1 unspecified atom stereocenters. The van der Waals surface area contributed by atoms with Crippen molar-refractivity contribution in [2.75, 3.05) is 19.6 Å². The third-order valence-corrected chi connectivity index (χ3v) is 6.51. The Kier molecular flexibility index (Phi) is 5.53. The smallest absolute Gasteiger partial charge is 0.261 e. The summed E-state index contributed by atoms with van der Waals surface area (Å²) in [5.41, 5.74) is 3.68. The summed E-state index contributed by atoms with van der Waals surface area (Å²) in [6.07, 6.45) is 2.34. The number of aromatic amines is 1. The van der Waals surface area contributed by atoms with Crippen molar-refractivity contribution in [1.82, 2.24) is 15.2 Å². The highest BCUT2D eigenvalue weighted by molar-refractivity contribution is 7.12. The monoisotopic (exact) mass is 401 g/mol. The minimum Gasteiger partial charge on any atom is -0.357 e. The number of piperidine rings is 1. The molecule has 1 aliphatic heterocycles. The van der Waals surface area contributed by atoms with Gasteiger partial charge in [-0.15, -0.1) is 11.3 Å². The standard InChI is InChI=1S/C21H24ClN3OS/c1-14-17-10-16(22)6-7-18(17)24-19(14)13-25-8-2-4-15(12-25)11-23-21(26)20-5-3-9-27-20/h3,5-7,9-10,15,24H,2,4,8,11-13H2,1H3,(H,23,26). The van der Waals surface area contributed by atoms with Crippen molar-refractivity contribution in [1.29, 1.82) is 0 Å². The molecule has 142 valence electrons. The van der Waals surface area contributed by atoms with Gasteiger partial charge in [-0.25, -0.2) is 0 Å². The van der Waals surface area contributed by atoms with Crippen LogP contribution >= 0.6 is 22.9 Å². The van der Waals surface area contributed by atoms with Crippen molar-refractivity contribution in [2.24, 2.45) is 5.92 Å². The number of nitrogens with one attached hydrogen (secondary N) is 2. The molecule has 4 nitrogen and oxygen atoms in total. The average molecular weight is 402 g/mol. The van der Waals surface area contributed by atoms with Gasteiger partial charge in [0.1, 0.15) is 0 Å². The fourth-order valence-corrected chi connectivity index (χ4v) is 4.74. The zero-order chi connectivity index (χ0) is 18.8. The molecule has 3 heterocycles. The van der Waals surface area contributed by atoms with Gasteiger partial charge in [0.2, 0.25) is 0 Å². The summed E-state index contributed by atoms with van der Waals surface area (Å²) >= 11 is 7.64. The lowest BCUT2D eigenvalue weighted by Gasteiger charge is -2.32. The number of amides is 1. The normalized spacial score (nSPS) is 18.1. The van der Waals surface area contributed by atoms with E-state index in [1.165, 1.54) is 40.8 Å². The summed E-state index contributed by atoms with van der Waals surface area (Å²) in [6.45, 7) is 5.93. The largest absolute Gasteiger partial charge is 0.357 e. The second kappa shape index (κ2) is 8.05. The molecule has 1 saturated heterocycles. The number of aromatic nitrogens is 1. The summed E-state index contributed by atoms with van der Waals surface area (Å²) < 4.78 is 0. The van der Waals surface area contributed by atoms with E-state index in [-0.39, 0.29) is 5.91 Å². The molecule has 0 saturated carbocycles. The SMILES string of the molecule is Cc1c(CN2CCCC(CNC(=O)c3cccs3)C2)[nH]c2ccc(Cl)cc12. The summed E-state index contributed by atoms with van der Waals surface area (Å²) in [6, 6.07) is 9.80. The Balaban J connectivity index is 1.37. The Morgan fingerprint density at radius 2 is 2.30 bits per heavy atom. The first-order valence-corrected chi connectivity index (χ1v) is 10.7. The molecule has 1 atom stereocenters. The van der Waals surface area contributed by atoms with Crippen LogP contribution in [0.3, 0.4) is 0 Å². The van der Waals surface area contributed by atoms with Gasteiger partial charge in [-0.2, -0.15) is 0 Å². The van der Waals surface area contributed by atoms with Crippen LogP contribution in [-0.2, 0) is 6.54 Å². The first-order valence-electron chi connectivity index (χ1n) is 9.41. The van der Waals surface area contributed by atoms with Gasteiger partial charge >= 0.3 is 0 Å². The molecule has 6 heteroatoms. The van der Waals surface area contributed by atoms with Crippen LogP contribution < -0.4 is 5.32 Å². The van der Waals surface area contributed by atoms with Crippen molar-refractivity contribution in [3.8, 4) is 0 Å². The highest BCUT2D eigenvalue weighted by atomic mass is 35.5. The zero-order valence-electron chi connectivity index (χ0n) is 15.4. The molecule has 0 aliphatic carbocycles. The van der Waals surface area contributed by atoms with Crippen LogP contribution in [0.25, 0.3) is 10.9 Å². The van der Waals surface area contributed by atoms with Gasteiger partial charge in [-0.3, -0.25) is 9.69 Å². The average Bonchev–Trinajstić information content (AvgIpc) is 3.30. The number of fused-ring (bicyclic) bond motifs is 1. The molecule has 1 aromatic carbocycles. The fraction of sp³-hybridized carbons (Fsp3) is 0.381. The third kappa shape index (κ3) is 4.21. The van der Waals surface area contributed by atoms with E-state index >= 15 is 0 Å². The molecule has 1 amide bonds. The quantitative estimate of drug-likeness (QED) is 0.643. The van der Waals surface area contributed by atoms with Crippen LogP contribution in [0.4, 0.5) is 0 Å². The lowest BCUT2D eigenvalue weighted by Crippen LogP contribution is -2.40. The van der Waals surface area contributed by atoms with Crippen LogP contribution in [0, 0.1) is 12.8 Å². The zero-order valence-corrected chi connectivity index (χ0v) is 17.0. The molecule has 0 spiro atoms. The second-order valence-corrected chi connectivity index (χ2v) is 8.73. The highest BCUT2D eigenvalue weighted by Crippen LogP contribution is 2.27. The molecule has 4 rings (SSSR count). The van der Waals surface area contributed by atoms with E-state index in [0.29, 0.717) is 5.92 Å². The van der Waals surface area contributed by atoms with Crippen molar-refractivity contribution >= 4 is 39.7 Å². The molecular formula is C21H24ClN3OS. The summed E-state index contributed by atoms with van der Waals surface area (Å²) in [7, 11) is 0. The second-order valence-electron chi connectivity index (χ2n) is 7.35. The number of benzene rings is 1. The molecule has 0 radical (unpaired) electrons. The van der Waals surface area contributed by atoms with Crippen LogP contribution in [0.1, 0.15) is 33.8 Å². The van der Waals surface area contributed by atoms with E-state index < -0.39 is 0 Å². The molecule has 1 aliphatic rings. The summed E-state index contributed by atoms with van der Waals surface area (Å²) in [4.78, 5) is 19.0. The van der Waals surface area contributed by atoms with Gasteiger partial charge in [0.25, 0.3) is 5.91 Å². The number of nitrogens with zero attached hydrogens (tertiary/aromatic N) is 1. The van der Waals surface area contributed by atoms with Crippen LogP contribution in [0.5, 0.6) is 0 Å². The van der Waals surface area contributed by atoms with Gasteiger partial charge in [0.15, 0.2) is 0 Å².